The first-order chi connectivity index (χ1) is 11.9. The summed E-state index contributed by atoms with van der Waals surface area (Å²) in [6.07, 6.45) is 1.94. The lowest BCUT2D eigenvalue weighted by Gasteiger charge is -2.11. The Morgan fingerprint density at radius 1 is 1.20 bits per heavy atom. The van der Waals surface area contributed by atoms with Crippen molar-refractivity contribution < 1.29 is 4.42 Å². The summed E-state index contributed by atoms with van der Waals surface area (Å²) < 4.78 is 7.89. The van der Waals surface area contributed by atoms with Gasteiger partial charge in [0.15, 0.2) is 5.43 Å². The summed E-state index contributed by atoms with van der Waals surface area (Å²) in [5.74, 6) is 0.536. The largest absolute Gasteiger partial charge is 0.455 e. The monoisotopic (exact) mass is 333 g/mol. The maximum absolute atomic E-state index is 12.7. The summed E-state index contributed by atoms with van der Waals surface area (Å²) in [6.45, 7) is 3.84. The Morgan fingerprint density at radius 2 is 2.00 bits per heavy atom. The van der Waals surface area contributed by atoms with Crippen LogP contribution in [0.25, 0.3) is 33.2 Å². The Bertz CT molecular complexity index is 1170. The maximum atomic E-state index is 12.7. The average Bonchev–Trinajstić information content (AvgIpc) is 2.93. The van der Waals surface area contributed by atoms with Gasteiger partial charge in [-0.2, -0.15) is 5.10 Å². The number of nitrogens with zero attached hydrogens (tertiary/aromatic N) is 2. The molecule has 2 heterocycles. The van der Waals surface area contributed by atoms with E-state index in [4.69, 9.17) is 10.2 Å². The predicted octanol–water partition coefficient (Wildman–Crippen LogP) is 3.67. The van der Waals surface area contributed by atoms with Gasteiger partial charge >= 0.3 is 0 Å². The van der Waals surface area contributed by atoms with Gasteiger partial charge in [0.25, 0.3) is 0 Å². The predicted molar refractivity (Wildman–Crippen MR) is 99.5 cm³/mol. The molecule has 0 spiro atoms. The van der Waals surface area contributed by atoms with Crippen LogP contribution in [0.1, 0.15) is 24.1 Å². The van der Waals surface area contributed by atoms with Crippen LogP contribution in [0.5, 0.6) is 0 Å². The molecule has 0 fully saturated rings. The van der Waals surface area contributed by atoms with Crippen molar-refractivity contribution in [2.24, 2.45) is 12.8 Å². The topological polar surface area (TPSA) is 74.0 Å². The summed E-state index contributed by atoms with van der Waals surface area (Å²) >= 11 is 0. The lowest BCUT2D eigenvalue weighted by molar-refractivity contribution is 0.608. The minimum atomic E-state index is -0.221. The van der Waals surface area contributed by atoms with E-state index in [1.54, 1.807) is 10.7 Å². The smallest absolute Gasteiger partial charge is 0.193 e. The first kappa shape index (κ1) is 15.6. The van der Waals surface area contributed by atoms with Gasteiger partial charge in [-0.15, -0.1) is 0 Å². The van der Waals surface area contributed by atoms with Crippen LogP contribution in [0.2, 0.25) is 0 Å². The molecule has 25 heavy (non-hydrogen) atoms. The van der Waals surface area contributed by atoms with Crippen LogP contribution in [0.3, 0.4) is 0 Å². The number of hydrogen-bond donors (Lipinski definition) is 1. The van der Waals surface area contributed by atoms with Crippen LogP contribution in [-0.4, -0.2) is 9.78 Å². The molecular formula is C20H19N3O2. The van der Waals surface area contributed by atoms with E-state index in [2.05, 4.69) is 5.10 Å². The second kappa shape index (κ2) is 5.57. The maximum Gasteiger partial charge on any atom is 0.193 e. The van der Waals surface area contributed by atoms with Gasteiger partial charge in [0, 0.05) is 41.9 Å². The summed E-state index contributed by atoms with van der Waals surface area (Å²) in [4.78, 5) is 12.7. The molecule has 126 valence electrons. The molecule has 0 amide bonds. The fraction of sp³-hybridized carbons (Fsp3) is 0.200. The van der Waals surface area contributed by atoms with Crippen molar-refractivity contribution in [1.29, 1.82) is 0 Å². The van der Waals surface area contributed by atoms with Crippen LogP contribution in [0, 0.1) is 6.92 Å². The van der Waals surface area contributed by atoms with E-state index >= 15 is 0 Å². The summed E-state index contributed by atoms with van der Waals surface area (Å²) in [5.41, 5.74) is 10.2. The third kappa shape index (κ3) is 2.62. The van der Waals surface area contributed by atoms with Gasteiger partial charge in [-0.25, -0.2) is 0 Å². The third-order valence-corrected chi connectivity index (χ3v) is 4.40. The number of fused-ring (bicyclic) bond motifs is 2. The van der Waals surface area contributed by atoms with E-state index in [0.717, 1.165) is 27.6 Å². The number of benzene rings is 2. The first-order valence-electron chi connectivity index (χ1n) is 8.20. The van der Waals surface area contributed by atoms with E-state index in [9.17, 15) is 4.79 Å². The van der Waals surface area contributed by atoms with Gasteiger partial charge in [0.2, 0.25) is 0 Å². The fourth-order valence-corrected chi connectivity index (χ4v) is 3.22. The van der Waals surface area contributed by atoms with Crippen molar-refractivity contribution in [1.82, 2.24) is 9.78 Å². The molecule has 5 nitrogen and oxygen atoms in total. The quantitative estimate of drug-likeness (QED) is 0.607. The third-order valence-electron chi connectivity index (χ3n) is 4.40. The number of aryl methyl sites for hydroxylation is 2. The normalized spacial score (nSPS) is 12.8. The summed E-state index contributed by atoms with van der Waals surface area (Å²) in [7, 11) is 1.88. The first-order valence-corrected chi connectivity index (χ1v) is 8.20. The summed E-state index contributed by atoms with van der Waals surface area (Å²) in [5, 5.41) is 5.94. The molecular weight excluding hydrogens is 314 g/mol. The lowest BCUT2D eigenvalue weighted by Crippen LogP contribution is -2.09. The highest BCUT2D eigenvalue weighted by Crippen LogP contribution is 2.29. The number of nitrogens with two attached hydrogens (primary N) is 1. The van der Waals surface area contributed by atoms with Gasteiger partial charge in [-0.05, 0) is 43.7 Å². The van der Waals surface area contributed by atoms with Crippen LogP contribution in [0.15, 0.2) is 51.8 Å². The molecule has 2 N–H and O–H groups in total. The molecule has 2 aromatic heterocycles. The van der Waals surface area contributed by atoms with Crippen molar-refractivity contribution in [2.75, 3.05) is 0 Å². The van der Waals surface area contributed by atoms with Crippen molar-refractivity contribution in [3.05, 3.63) is 63.9 Å². The van der Waals surface area contributed by atoms with E-state index in [0.29, 0.717) is 16.7 Å². The molecule has 0 aliphatic carbocycles. The van der Waals surface area contributed by atoms with Gasteiger partial charge < -0.3 is 10.2 Å². The second-order valence-electron chi connectivity index (χ2n) is 6.57. The van der Waals surface area contributed by atoms with Crippen molar-refractivity contribution in [3.8, 4) is 11.3 Å². The molecule has 4 rings (SSSR count). The van der Waals surface area contributed by atoms with Crippen molar-refractivity contribution in [2.45, 2.75) is 19.9 Å². The number of hydrogen-bond acceptors (Lipinski definition) is 4. The highest BCUT2D eigenvalue weighted by Gasteiger charge is 2.14. The minimum Gasteiger partial charge on any atom is -0.455 e. The van der Waals surface area contributed by atoms with Crippen molar-refractivity contribution in [3.63, 3.8) is 0 Å². The molecule has 1 unspecified atom stereocenters. The Hall–Kier alpha value is -2.92. The second-order valence-corrected chi connectivity index (χ2v) is 6.57. The summed E-state index contributed by atoms with van der Waals surface area (Å²) in [6, 6.07) is 11.0. The van der Waals surface area contributed by atoms with E-state index in [1.165, 1.54) is 0 Å². The van der Waals surface area contributed by atoms with Crippen LogP contribution in [0.4, 0.5) is 0 Å². The Balaban J connectivity index is 1.99. The molecule has 0 aliphatic heterocycles. The molecule has 0 radical (unpaired) electrons. The van der Waals surface area contributed by atoms with E-state index in [1.807, 2.05) is 57.4 Å². The van der Waals surface area contributed by atoms with Crippen LogP contribution >= 0.6 is 0 Å². The van der Waals surface area contributed by atoms with Crippen molar-refractivity contribution >= 4 is 21.9 Å². The van der Waals surface area contributed by atoms with Gasteiger partial charge in [-0.3, -0.25) is 9.48 Å². The van der Waals surface area contributed by atoms with Crippen LogP contribution < -0.4 is 11.2 Å². The van der Waals surface area contributed by atoms with Gasteiger partial charge in [0.1, 0.15) is 11.3 Å². The molecule has 0 saturated heterocycles. The Morgan fingerprint density at radius 3 is 2.76 bits per heavy atom. The number of rotatable bonds is 2. The Labute approximate surface area is 144 Å². The minimum absolute atomic E-state index is 0.0619. The standard InChI is InChI=1S/C20H19N3O2/c1-11-6-15(12(2)21)20-16(7-11)18(24)9-19(25-20)13-4-5-17-14(8-13)10-23(3)22-17/h4-10,12H,21H2,1-3H3. The average molecular weight is 333 g/mol. The highest BCUT2D eigenvalue weighted by molar-refractivity contribution is 5.86. The molecule has 0 bridgehead atoms. The zero-order valence-corrected chi connectivity index (χ0v) is 14.4. The zero-order valence-electron chi connectivity index (χ0n) is 14.4. The van der Waals surface area contributed by atoms with E-state index < -0.39 is 0 Å². The molecule has 4 aromatic rings. The molecule has 2 aromatic carbocycles. The van der Waals surface area contributed by atoms with Crippen LogP contribution in [-0.2, 0) is 7.05 Å². The lowest BCUT2D eigenvalue weighted by atomic mass is 10.0. The molecule has 5 heteroatoms. The van der Waals surface area contributed by atoms with E-state index in [-0.39, 0.29) is 11.5 Å². The number of aromatic nitrogens is 2. The van der Waals surface area contributed by atoms with Gasteiger partial charge in [-0.1, -0.05) is 6.07 Å². The molecule has 1 atom stereocenters. The SMILES string of the molecule is Cc1cc(C(C)N)c2oc(-c3ccc4nn(C)cc4c3)cc(=O)c2c1. The molecule has 0 aliphatic rings. The molecule has 0 saturated carbocycles. The van der Waals surface area contributed by atoms with Gasteiger partial charge in [0.05, 0.1) is 10.9 Å². The zero-order chi connectivity index (χ0) is 17.7. The fourth-order valence-electron chi connectivity index (χ4n) is 3.22. The highest BCUT2D eigenvalue weighted by atomic mass is 16.3. The Kier molecular flexibility index (Phi) is 3.47.